The molecule has 2 heterocycles. The Hall–Kier alpha value is -1.47. The molecular formula is C20H31N3O3. The molecule has 0 saturated carbocycles. The van der Waals surface area contributed by atoms with E-state index >= 15 is 0 Å². The van der Waals surface area contributed by atoms with Crippen LogP contribution < -0.4 is 5.32 Å². The number of piperidine rings is 1. The highest BCUT2D eigenvalue weighted by atomic mass is 16.5. The Morgan fingerprint density at radius 3 is 2.46 bits per heavy atom. The Labute approximate surface area is 156 Å². The Bertz CT molecular complexity index is 567. The van der Waals surface area contributed by atoms with Crippen molar-refractivity contribution >= 4 is 5.91 Å². The number of carbonyl (C=O) groups is 1. The van der Waals surface area contributed by atoms with Crippen LogP contribution in [0, 0.1) is 5.92 Å². The minimum Gasteiger partial charge on any atom is -0.396 e. The van der Waals surface area contributed by atoms with Gasteiger partial charge in [-0.3, -0.25) is 14.6 Å². The van der Waals surface area contributed by atoms with E-state index in [0.717, 1.165) is 58.8 Å². The lowest BCUT2D eigenvalue weighted by molar-refractivity contribution is -0.122. The zero-order chi connectivity index (χ0) is 18.2. The monoisotopic (exact) mass is 361 g/mol. The molecule has 2 N–H and O–H groups in total. The van der Waals surface area contributed by atoms with Crippen molar-refractivity contribution < 1.29 is 14.6 Å². The second kappa shape index (κ2) is 10.0. The van der Waals surface area contributed by atoms with Crippen molar-refractivity contribution in [1.29, 1.82) is 0 Å². The van der Waals surface area contributed by atoms with Crippen LogP contribution in [-0.4, -0.2) is 73.4 Å². The maximum atomic E-state index is 12.3. The number of benzene rings is 1. The number of nitrogens with zero attached hydrogens (tertiary/aromatic N) is 2. The first-order chi connectivity index (χ1) is 12.7. The van der Waals surface area contributed by atoms with E-state index in [-0.39, 0.29) is 12.5 Å². The van der Waals surface area contributed by atoms with Crippen molar-refractivity contribution in [1.82, 2.24) is 15.1 Å². The smallest absolute Gasteiger partial charge is 0.234 e. The average Bonchev–Trinajstić information content (AvgIpc) is 2.69. The lowest BCUT2D eigenvalue weighted by Gasteiger charge is -2.30. The van der Waals surface area contributed by atoms with Crippen molar-refractivity contribution in [2.24, 2.45) is 5.92 Å². The Balaban J connectivity index is 1.46. The van der Waals surface area contributed by atoms with E-state index in [1.807, 2.05) is 6.07 Å². The zero-order valence-corrected chi connectivity index (χ0v) is 15.5. The first-order valence-corrected chi connectivity index (χ1v) is 9.71. The number of aliphatic hydroxyl groups excluding tert-OH is 1. The molecule has 0 aromatic heterocycles. The van der Waals surface area contributed by atoms with Gasteiger partial charge in [0, 0.05) is 32.8 Å². The number of hydrogen-bond donors (Lipinski definition) is 2. The molecule has 0 atom stereocenters. The van der Waals surface area contributed by atoms with E-state index < -0.39 is 0 Å². The van der Waals surface area contributed by atoms with Crippen LogP contribution in [0.25, 0.3) is 0 Å². The Kier molecular flexibility index (Phi) is 7.43. The largest absolute Gasteiger partial charge is 0.396 e. The van der Waals surface area contributed by atoms with Crippen molar-refractivity contribution in [2.75, 3.05) is 52.5 Å². The first kappa shape index (κ1) is 19.3. The first-order valence-electron chi connectivity index (χ1n) is 9.71. The minimum atomic E-state index is 0.0774. The fraction of sp³-hybridized carbons (Fsp3) is 0.650. The summed E-state index contributed by atoms with van der Waals surface area (Å²) in [5.74, 6) is 0.481. The topological polar surface area (TPSA) is 65.0 Å². The molecule has 1 aromatic rings. The van der Waals surface area contributed by atoms with Crippen LogP contribution in [0.4, 0.5) is 0 Å². The number of amides is 1. The van der Waals surface area contributed by atoms with E-state index in [4.69, 9.17) is 4.74 Å². The van der Waals surface area contributed by atoms with Crippen LogP contribution in [0.1, 0.15) is 24.0 Å². The van der Waals surface area contributed by atoms with Gasteiger partial charge in [-0.2, -0.15) is 0 Å². The summed E-state index contributed by atoms with van der Waals surface area (Å²) in [6.07, 6.45) is 1.96. The number of aliphatic hydroxyl groups is 1. The summed E-state index contributed by atoms with van der Waals surface area (Å²) >= 11 is 0. The van der Waals surface area contributed by atoms with Gasteiger partial charge in [-0.25, -0.2) is 0 Å². The van der Waals surface area contributed by atoms with Crippen molar-refractivity contribution in [3.8, 4) is 0 Å². The molecule has 0 aliphatic carbocycles. The molecule has 0 bridgehead atoms. The van der Waals surface area contributed by atoms with Crippen LogP contribution in [0.5, 0.6) is 0 Å². The SMILES string of the molecule is O=C(CN1CCC(CO)CC1)NCc1ccccc1CN1CCOCC1. The molecule has 1 aromatic carbocycles. The summed E-state index contributed by atoms with van der Waals surface area (Å²) in [6, 6.07) is 8.34. The van der Waals surface area contributed by atoms with E-state index in [9.17, 15) is 9.90 Å². The van der Waals surface area contributed by atoms with Crippen molar-refractivity contribution in [3.05, 3.63) is 35.4 Å². The molecule has 2 fully saturated rings. The molecular weight excluding hydrogens is 330 g/mol. The quantitative estimate of drug-likeness (QED) is 0.753. The van der Waals surface area contributed by atoms with Crippen LogP contribution in [0.2, 0.25) is 0 Å². The molecule has 2 aliphatic heterocycles. The van der Waals surface area contributed by atoms with Gasteiger partial charge in [0.25, 0.3) is 0 Å². The molecule has 3 rings (SSSR count). The van der Waals surface area contributed by atoms with Gasteiger partial charge in [0.15, 0.2) is 0 Å². The van der Waals surface area contributed by atoms with Gasteiger partial charge in [0.1, 0.15) is 0 Å². The van der Waals surface area contributed by atoms with Gasteiger partial charge in [-0.1, -0.05) is 24.3 Å². The third kappa shape index (κ3) is 5.77. The fourth-order valence-electron chi connectivity index (χ4n) is 3.66. The fourth-order valence-corrected chi connectivity index (χ4v) is 3.66. The van der Waals surface area contributed by atoms with Gasteiger partial charge in [0.05, 0.1) is 19.8 Å². The molecule has 0 radical (unpaired) electrons. The number of morpholine rings is 1. The summed E-state index contributed by atoms with van der Waals surface area (Å²) in [7, 11) is 0. The third-order valence-corrected chi connectivity index (χ3v) is 5.42. The van der Waals surface area contributed by atoms with Gasteiger partial charge < -0.3 is 15.2 Å². The average molecular weight is 361 g/mol. The van der Waals surface area contributed by atoms with Crippen LogP contribution in [0.3, 0.4) is 0 Å². The molecule has 6 nitrogen and oxygen atoms in total. The van der Waals surface area contributed by atoms with Crippen molar-refractivity contribution in [3.63, 3.8) is 0 Å². The molecule has 26 heavy (non-hydrogen) atoms. The van der Waals surface area contributed by atoms with Gasteiger partial charge in [-0.05, 0) is 43.0 Å². The molecule has 144 valence electrons. The molecule has 0 unspecified atom stereocenters. The maximum absolute atomic E-state index is 12.3. The lowest BCUT2D eigenvalue weighted by atomic mass is 9.98. The lowest BCUT2D eigenvalue weighted by Crippen LogP contribution is -2.42. The number of hydrogen-bond acceptors (Lipinski definition) is 5. The highest BCUT2D eigenvalue weighted by Crippen LogP contribution is 2.16. The highest BCUT2D eigenvalue weighted by Gasteiger charge is 2.20. The Morgan fingerprint density at radius 1 is 1.08 bits per heavy atom. The number of carbonyl (C=O) groups excluding carboxylic acids is 1. The highest BCUT2D eigenvalue weighted by molar-refractivity contribution is 5.78. The van der Waals surface area contributed by atoms with E-state index in [1.54, 1.807) is 0 Å². The minimum absolute atomic E-state index is 0.0774. The number of ether oxygens (including phenoxy) is 1. The summed E-state index contributed by atoms with van der Waals surface area (Å²) < 4.78 is 5.42. The number of rotatable bonds is 7. The normalized spacial score (nSPS) is 20.2. The molecule has 0 spiro atoms. The third-order valence-electron chi connectivity index (χ3n) is 5.42. The predicted octanol–water partition coefficient (Wildman–Crippen LogP) is 0.839. The van der Waals surface area contributed by atoms with E-state index in [2.05, 4.69) is 33.3 Å². The number of nitrogens with one attached hydrogen (secondary N) is 1. The second-order valence-electron chi connectivity index (χ2n) is 7.34. The van der Waals surface area contributed by atoms with Crippen LogP contribution in [-0.2, 0) is 22.6 Å². The summed E-state index contributed by atoms with van der Waals surface area (Å²) in [5, 5.41) is 12.3. The number of likely N-dealkylation sites (tertiary alicyclic amines) is 1. The summed E-state index contributed by atoms with van der Waals surface area (Å²) in [6.45, 7) is 7.51. The van der Waals surface area contributed by atoms with Gasteiger partial charge in [0.2, 0.25) is 5.91 Å². The molecule has 2 aliphatic rings. The molecule has 2 saturated heterocycles. The van der Waals surface area contributed by atoms with Gasteiger partial charge in [-0.15, -0.1) is 0 Å². The molecule has 6 heteroatoms. The van der Waals surface area contributed by atoms with Crippen molar-refractivity contribution in [2.45, 2.75) is 25.9 Å². The van der Waals surface area contributed by atoms with E-state index in [1.165, 1.54) is 11.1 Å². The standard InChI is InChI=1S/C20H31N3O3/c24-16-17-5-7-22(8-6-17)15-20(25)21-13-18-3-1-2-4-19(18)14-23-9-11-26-12-10-23/h1-4,17,24H,5-16H2,(H,21,25). The van der Waals surface area contributed by atoms with Crippen LogP contribution >= 0.6 is 0 Å². The second-order valence-corrected chi connectivity index (χ2v) is 7.34. The summed E-state index contributed by atoms with van der Waals surface area (Å²) in [4.78, 5) is 16.9. The van der Waals surface area contributed by atoms with Gasteiger partial charge >= 0.3 is 0 Å². The zero-order valence-electron chi connectivity index (χ0n) is 15.5. The van der Waals surface area contributed by atoms with Crippen LogP contribution in [0.15, 0.2) is 24.3 Å². The van der Waals surface area contributed by atoms with E-state index in [0.29, 0.717) is 19.0 Å². The maximum Gasteiger partial charge on any atom is 0.234 e. The molecule has 1 amide bonds. The predicted molar refractivity (Wildman–Crippen MR) is 101 cm³/mol. The Morgan fingerprint density at radius 2 is 1.77 bits per heavy atom. The summed E-state index contributed by atoms with van der Waals surface area (Å²) in [5.41, 5.74) is 2.46.